The van der Waals surface area contributed by atoms with Crippen LogP contribution in [0.15, 0.2) is 34.5 Å². The van der Waals surface area contributed by atoms with Crippen molar-refractivity contribution in [3.63, 3.8) is 0 Å². The maximum atomic E-state index is 12.3. The molecular weight excluding hydrogens is 232 g/mol. The number of rotatable bonds is 3. The number of benzene rings is 1. The predicted molar refractivity (Wildman–Crippen MR) is 75.3 cm³/mol. The quantitative estimate of drug-likeness (QED) is 0.835. The summed E-state index contributed by atoms with van der Waals surface area (Å²) in [6.45, 7) is 4.65. The second-order valence-corrected chi connectivity index (χ2v) is 4.55. The van der Waals surface area contributed by atoms with E-state index in [2.05, 4.69) is 0 Å². The Morgan fingerprint density at radius 2 is 2.00 bits per heavy atom. The van der Waals surface area contributed by atoms with Crippen LogP contribution in [0.25, 0.3) is 16.7 Å². The van der Waals surface area contributed by atoms with Crippen molar-refractivity contribution in [2.75, 3.05) is 6.26 Å². The van der Waals surface area contributed by atoms with Gasteiger partial charge in [0.05, 0.1) is 11.0 Å². The van der Waals surface area contributed by atoms with E-state index >= 15 is 0 Å². The van der Waals surface area contributed by atoms with Crippen LogP contribution in [0.2, 0.25) is 0 Å². The van der Waals surface area contributed by atoms with Gasteiger partial charge in [-0.05, 0) is 37.6 Å². The van der Waals surface area contributed by atoms with E-state index < -0.39 is 0 Å². The molecule has 17 heavy (non-hydrogen) atoms. The molecular formula is C13H16N2OS. The Bertz CT molecular complexity index is 622. The van der Waals surface area contributed by atoms with Crippen LogP contribution in [0.4, 0.5) is 0 Å². The Kier molecular flexibility index (Phi) is 3.43. The van der Waals surface area contributed by atoms with E-state index in [9.17, 15) is 4.79 Å². The van der Waals surface area contributed by atoms with Gasteiger partial charge in [0, 0.05) is 12.2 Å². The van der Waals surface area contributed by atoms with Crippen LogP contribution >= 0.6 is 11.8 Å². The van der Waals surface area contributed by atoms with Crippen molar-refractivity contribution in [2.24, 2.45) is 0 Å². The number of aryl methyl sites for hydroxylation is 1. The van der Waals surface area contributed by atoms with Crippen LogP contribution in [-0.2, 0) is 6.54 Å². The Balaban J connectivity index is 2.84. The summed E-state index contributed by atoms with van der Waals surface area (Å²) in [5.74, 6) is 0. The van der Waals surface area contributed by atoms with Gasteiger partial charge in [0.1, 0.15) is 0 Å². The van der Waals surface area contributed by atoms with Crippen molar-refractivity contribution in [1.29, 1.82) is 0 Å². The second-order valence-electron chi connectivity index (χ2n) is 3.85. The number of allylic oxidation sites excluding steroid dienone is 1. The van der Waals surface area contributed by atoms with Crippen molar-refractivity contribution in [3.05, 3.63) is 40.2 Å². The van der Waals surface area contributed by atoms with Gasteiger partial charge in [-0.15, -0.1) is 11.8 Å². The van der Waals surface area contributed by atoms with Gasteiger partial charge in [0.25, 0.3) is 0 Å². The maximum absolute atomic E-state index is 12.3. The molecule has 0 amide bonds. The van der Waals surface area contributed by atoms with Gasteiger partial charge in [-0.1, -0.05) is 12.1 Å². The van der Waals surface area contributed by atoms with E-state index in [1.807, 2.05) is 49.8 Å². The highest BCUT2D eigenvalue weighted by molar-refractivity contribution is 8.01. The lowest BCUT2D eigenvalue weighted by molar-refractivity contribution is 0.736. The van der Waals surface area contributed by atoms with Crippen molar-refractivity contribution in [1.82, 2.24) is 9.13 Å². The number of nitrogens with zero attached hydrogens (tertiary/aromatic N) is 2. The van der Waals surface area contributed by atoms with E-state index in [0.717, 1.165) is 16.7 Å². The molecule has 1 aromatic carbocycles. The van der Waals surface area contributed by atoms with Crippen molar-refractivity contribution in [2.45, 2.75) is 20.4 Å². The number of imidazole rings is 1. The first-order valence-electron chi connectivity index (χ1n) is 5.61. The predicted octanol–water partition coefficient (Wildman–Crippen LogP) is 3.00. The summed E-state index contributed by atoms with van der Waals surface area (Å²) in [5.41, 5.74) is 2.97. The molecule has 0 atom stereocenters. The Morgan fingerprint density at radius 3 is 2.59 bits per heavy atom. The summed E-state index contributed by atoms with van der Waals surface area (Å²) in [7, 11) is 0. The zero-order chi connectivity index (χ0) is 12.4. The molecule has 0 aliphatic rings. The fraction of sp³-hybridized carbons (Fsp3) is 0.308. The Labute approximate surface area is 105 Å². The third-order valence-electron chi connectivity index (χ3n) is 2.79. The highest BCUT2D eigenvalue weighted by atomic mass is 32.2. The topological polar surface area (TPSA) is 26.9 Å². The van der Waals surface area contributed by atoms with Gasteiger partial charge in [0.15, 0.2) is 0 Å². The van der Waals surface area contributed by atoms with E-state index in [0.29, 0.717) is 6.54 Å². The zero-order valence-electron chi connectivity index (χ0n) is 10.3. The molecule has 2 rings (SSSR count). The minimum Gasteiger partial charge on any atom is -0.292 e. The van der Waals surface area contributed by atoms with Gasteiger partial charge in [-0.3, -0.25) is 9.13 Å². The fourth-order valence-electron chi connectivity index (χ4n) is 2.08. The molecule has 0 spiro atoms. The lowest BCUT2D eigenvalue weighted by Gasteiger charge is -2.01. The first-order chi connectivity index (χ1) is 8.20. The van der Waals surface area contributed by atoms with Crippen LogP contribution in [0.5, 0.6) is 0 Å². The molecule has 4 heteroatoms. The van der Waals surface area contributed by atoms with E-state index in [1.54, 1.807) is 20.9 Å². The molecule has 0 aliphatic carbocycles. The van der Waals surface area contributed by atoms with E-state index in [1.165, 1.54) is 0 Å². The third kappa shape index (κ3) is 1.93. The highest BCUT2D eigenvalue weighted by Gasteiger charge is 2.11. The van der Waals surface area contributed by atoms with Gasteiger partial charge in [0.2, 0.25) is 0 Å². The molecule has 90 valence electrons. The highest BCUT2D eigenvalue weighted by Crippen LogP contribution is 2.17. The molecule has 0 N–H and O–H groups in total. The molecule has 3 nitrogen and oxygen atoms in total. The summed E-state index contributed by atoms with van der Waals surface area (Å²) >= 11 is 1.61. The SMILES string of the molecule is CCn1c(=O)n(C(C)=CSC)c2ccccc21. The minimum atomic E-state index is 0.0384. The largest absolute Gasteiger partial charge is 0.333 e. The van der Waals surface area contributed by atoms with Gasteiger partial charge in [-0.25, -0.2) is 4.79 Å². The fourth-order valence-corrected chi connectivity index (χ4v) is 2.52. The molecule has 0 saturated heterocycles. The lowest BCUT2D eigenvalue weighted by atomic mass is 10.3. The molecule has 0 bridgehead atoms. The van der Waals surface area contributed by atoms with Crippen LogP contribution in [-0.4, -0.2) is 15.4 Å². The van der Waals surface area contributed by atoms with Crippen LogP contribution in [0.3, 0.4) is 0 Å². The van der Waals surface area contributed by atoms with Crippen LogP contribution in [0.1, 0.15) is 13.8 Å². The van der Waals surface area contributed by atoms with Gasteiger partial charge < -0.3 is 0 Å². The Hall–Kier alpha value is -1.42. The van der Waals surface area contributed by atoms with Crippen molar-refractivity contribution in [3.8, 4) is 0 Å². The van der Waals surface area contributed by atoms with Crippen molar-refractivity contribution < 1.29 is 0 Å². The average molecular weight is 248 g/mol. The standard InChI is InChI=1S/C13H16N2OS/c1-4-14-11-7-5-6-8-12(11)15(13(14)16)10(2)9-17-3/h5-9H,4H2,1-3H3. The van der Waals surface area contributed by atoms with Gasteiger partial charge in [-0.2, -0.15) is 0 Å². The number of para-hydroxylation sites is 2. The number of thioether (sulfide) groups is 1. The third-order valence-corrected chi connectivity index (χ3v) is 3.37. The number of fused-ring (bicyclic) bond motifs is 1. The number of aromatic nitrogens is 2. The first kappa shape index (κ1) is 12.0. The van der Waals surface area contributed by atoms with Crippen molar-refractivity contribution >= 4 is 28.5 Å². The molecule has 1 aromatic heterocycles. The Morgan fingerprint density at radius 1 is 1.35 bits per heavy atom. The summed E-state index contributed by atoms with van der Waals surface area (Å²) in [4.78, 5) is 12.3. The summed E-state index contributed by atoms with van der Waals surface area (Å²) in [5, 5.41) is 1.99. The second kappa shape index (κ2) is 4.84. The monoisotopic (exact) mass is 248 g/mol. The number of hydrogen-bond acceptors (Lipinski definition) is 2. The zero-order valence-corrected chi connectivity index (χ0v) is 11.1. The molecule has 0 saturated carbocycles. The molecule has 0 aliphatic heterocycles. The number of hydrogen-bond donors (Lipinski definition) is 0. The van der Waals surface area contributed by atoms with E-state index in [4.69, 9.17) is 0 Å². The molecule has 0 radical (unpaired) electrons. The van der Waals surface area contributed by atoms with Gasteiger partial charge >= 0.3 is 5.69 Å². The summed E-state index contributed by atoms with van der Waals surface area (Å²) in [6.07, 6.45) is 1.99. The molecule has 0 fully saturated rings. The molecule has 0 unspecified atom stereocenters. The lowest BCUT2D eigenvalue weighted by Crippen LogP contribution is -2.22. The van der Waals surface area contributed by atoms with Crippen LogP contribution in [0, 0.1) is 0 Å². The summed E-state index contributed by atoms with van der Waals surface area (Å²) < 4.78 is 3.57. The molecule has 1 heterocycles. The normalized spacial score (nSPS) is 12.3. The van der Waals surface area contributed by atoms with Crippen LogP contribution < -0.4 is 5.69 Å². The molecule has 2 aromatic rings. The first-order valence-corrected chi connectivity index (χ1v) is 6.89. The van der Waals surface area contributed by atoms with E-state index in [-0.39, 0.29) is 5.69 Å². The average Bonchev–Trinajstić information content (AvgIpc) is 2.61. The summed E-state index contributed by atoms with van der Waals surface area (Å²) in [6, 6.07) is 7.90. The minimum absolute atomic E-state index is 0.0384. The smallest absolute Gasteiger partial charge is 0.292 e. The maximum Gasteiger partial charge on any atom is 0.333 e.